The van der Waals surface area contributed by atoms with Crippen LogP contribution in [0.2, 0.25) is 0 Å². The summed E-state index contributed by atoms with van der Waals surface area (Å²) < 4.78 is 20.1. The molecule has 2 aromatic carbocycles. The summed E-state index contributed by atoms with van der Waals surface area (Å²) in [7, 11) is 0. The van der Waals surface area contributed by atoms with Crippen LogP contribution in [0.5, 0.6) is 5.75 Å². The van der Waals surface area contributed by atoms with Crippen molar-refractivity contribution in [3.8, 4) is 5.75 Å². The zero-order valence-corrected chi connectivity index (χ0v) is 13.6. The maximum Gasteiger partial charge on any atom is 0.130 e. The average molecular weight is 335 g/mol. The molecule has 0 bridgehead atoms. The third-order valence-corrected chi connectivity index (χ3v) is 3.99. The number of hydrogen-bond acceptors (Lipinski definition) is 3. The van der Waals surface area contributed by atoms with Gasteiger partial charge < -0.3 is 9.53 Å². The van der Waals surface area contributed by atoms with Gasteiger partial charge in [0, 0.05) is 24.4 Å². The number of carbonyl (C=O) groups is 1. The van der Waals surface area contributed by atoms with E-state index in [0.717, 1.165) is 17.4 Å². The van der Waals surface area contributed by atoms with E-state index < -0.39 is 11.7 Å². The third kappa shape index (κ3) is 4.51. The molecule has 25 heavy (non-hydrogen) atoms. The van der Waals surface area contributed by atoms with Crippen molar-refractivity contribution in [3.63, 3.8) is 0 Å². The highest BCUT2D eigenvalue weighted by atomic mass is 19.1. The first-order valence-corrected chi connectivity index (χ1v) is 8.06. The van der Waals surface area contributed by atoms with Gasteiger partial charge in [-0.3, -0.25) is 4.98 Å². The van der Waals surface area contributed by atoms with Crippen LogP contribution in [0, 0.1) is 5.82 Å². The summed E-state index contributed by atoms with van der Waals surface area (Å²) in [5.74, 6) is -0.527. The number of nitrogens with zero attached hydrogens (tertiary/aromatic N) is 1. The summed E-state index contributed by atoms with van der Waals surface area (Å²) in [5, 5.41) is 0. The minimum atomic E-state index is -0.537. The van der Waals surface area contributed by atoms with Crippen LogP contribution in [0.3, 0.4) is 0 Å². The molecular formula is C21H18FNO2. The first-order chi connectivity index (χ1) is 12.3. The van der Waals surface area contributed by atoms with Crippen molar-refractivity contribution in [2.24, 2.45) is 0 Å². The summed E-state index contributed by atoms with van der Waals surface area (Å²) in [6, 6.07) is 18.0. The van der Waals surface area contributed by atoms with Crippen LogP contribution in [0.25, 0.3) is 0 Å². The third-order valence-electron chi connectivity index (χ3n) is 3.99. The number of ether oxygens (including phenoxy) is 1. The van der Waals surface area contributed by atoms with Crippen LogP contribution in [0.4, 0.5) is 4.39 Å². The van der Waals surface area contributed by atoms with Crippen molar-refractivity contribution in [2.45, 2.75) is 18.9 Å². The van der Waals surface area contributed by atoms with Crippen LogP contribution in [-0.4, -0.2) is 11.3 Å². The number of hydrogen-bond donors (Lipinski definition) is 0. The number of pyridine rings is 1. The number of halogens is 1. The number of benzene rings is 2. The van der Waals surface area contributed by atoms with Gasteiger partial charge in [0.2, 0.25) is 0 Å². The molecule has 3 aromatic rings. The summed E-state index contributed by atoms with van der Waals surface area (Å²) >= 11 is 0. The lowest BCUT2D eigenvalue weighted by molar-refractivity contribution is -0.109. The van der Waals surface area contributed by atoms with Crippen molar-refractivity contribution >= 4 is 6.29 Å². The van der Waals surface area contributed by atoms with Gasteiger partial charge in [0.05, 0.1) is 0 Å². The molecular weight excluding hydrogens is 317 g/mol. The summed E-state index contributed by atoms with van der Waals surface area (Å²) in [5.41, 5.74) is 2.32. The number of aromatic nitrogens is 1. The van der Waals surface area contributed by atoms with Crippen molar-refractivity contribution in [3.05, 3.63) is 95.6 Å². The Labute approximate surface area is 146 Å². The van der Waals surface area contributed by atoms with Gasteiger partial charge in [-0.2, -0.15) is 0 Å². The van der Waals surface area contributed by atoms with E-state index in [-0.39, 0.29) is 0 Å². The highest BCUT2D eigenvalue weighted by Crippen LogP contribution is 2.25. The van der Waals surface area contributed by atoms with E-state index in [4.69, 9.17) is 4.74 Å². The van der Waals surface area contributed by atoms with Crippen molar-refractivity contribution in [1.29, 1.82) is 0 Å². The van der Waals surface area contributed by atoms with E-state index >= 15 is 0 Å². The highest BCUT2D eigenvalue weighted by Gasteiger charge is 2.16. The number of carbonyl (C=O) groups excluding carboxylic acids is 1. The monoisotopic (exact) mass is 335 g/mol. The Morgan fingerprint density at radius 2 is 1.76 bits per heavy atom. The molecule has 126 valence electrons. The zero-order chi connectivity index (χ0) is 17.5. The molecule has 3 nitrogen and oxygen atoms in total. The highest BCUT2D eigenvalue weighted by molar-refractivity contribution is 5.63. The van der Waals surface area contributed by atoms with Crippen LogP contribution < -0.4 is 4.74 Å². The lowest BCUT2D eigenvalue weighted by Gasteiger charge is -2.13. The van der Waals surface area contributed by atoms with Crippen molar-refractivity contribution in [1.82, 2.24) is 4.98 Å². The molecule has 0 fully saturated rings. The lowest BCUT2D eigenvalue weighted by Crippen LogP contribution is -2.07. The van der Waals surface area contributed by atoms with E-state index in [1.54, 1.807) is 24.5 Å². The summed E-state index contributed by atoms with van der Waals surface area (Å²) in [6.45, 7) is 0.369. The molecule has 0 radical (unpaired) electrons. The van der Waals surface area contributed by atoms with Crippen molar-refractivity contribution in [2.75, 3.05) is 0 Å². The van der Waals surface area contributed by atoms with E-state index in [1.165, 1.54) is 6.07 Å². The second-order valence-corrected chi connectivity index (χ2v) is 5.76. The van der Waals surface area contributed by atoms with Gasteiger partial charge in [-0.1, -0.05) is 36.4 Å². The van der Waals surface area contributed by atoms with E-state index in [9.17, 15) is 9.18 Å². The molecule has 1 heterocycles. The summed E-state index contributed by atoms with van der Waals surface area (Å²) in [6.07, 6.45) is 4.54. The molecule has 0 aliphatic carbocycles. The second kappa shape index (κ2) is 8.20. The fourth-order valence-electron chi connectivity index (χ4n) is 2.64. The Bertz CT molecular complexity index is 822. The number of aldehydes is 1. The molecule has 0 saturated carbocycles. The maximum atomic E-state index is 14.5. The molecule has 0 N–H and O–H groups in total. The lowest BCUT2D eigenvalue weighted by atomic mass is 9.93. The predicted molar refractivity (Wildman–Crippen MR) is 93.9 cm³/mol. The molecule has 1 unspecified atom stereocenters. The largest absolute Gasteiger partial charge is 0.489 e. The first-order valence-electron chi connectivity index (χ1n) is 8.06. The Balaban J connectivity index is 1.71. The Kier molecular flexibility index (Phi) is 5.52. The van der Waals surface area contributed by atoms with Gasteiger partial charge in [-0.25, -0.2) is 4.39 Å². The minimum Gasteiger partial charge on any atom is -0.489 e. The van der Waals surface area contributed by atoms with Gasteiger partial charge >= 0.3 is 0 Å². The molecule has 0 saturated heterocycles. The second-order valence-electron chi connectivity index (χ2n) is 5.76. The van der Waals surface area contributed by atoms with Gasteiger partial charge in [0.25, 0.3) is 0 Å². The Hall–Kier alpha value is -3.01. The fraction of sp³-hybridized carbons (Fsp3) is 0.143. The van der Waals surface area contributed by atoms with Crippen LogP contribution >= 0.6 is 0 Å². The zero-order valence-electron chi connectivity index (χ0n) is 13.6. The Morgan fingerprint density at radius 3 is 2.44 bits per heavy atom. The molecule has 4 heteroatoms. The van der Waals surface area contributed by atoms with E-state index in [1.807, 2.05) is 42.5 Å². The average Bonchev–Trinajstić information content (AvgIpc) is 2.66. The molecule has 1 aromatic heterocycles. The molecule has 0 aliphatic rings. The molecule has 0 amide bonds. The van der Waals surface area contributed by atoms with Crippen LogP contribution in [-0.2, 0) is 17.8 Å². The van der Waals surface area contributed by atoms with Crippen LogP contribution in [0.1, 0.15) is 22.6 Å². The molecule has 0 aliphatic heterocycles. The predicted octanol–water partition coefficient (Wildman–Crippen LogP) is 4.32. The standard InChI is InChI=1S/C21H18FNO2/c22-21-13-19(25-15-17-4-2-1-3-5-17)6-7-20(21)18(14-24)12-16-8-10-23-11-9-16/h1-11,13-14,18H,12,15H2. The Morgan fingerprint density at radius 1 is 1.00 bits per heavy atom. The molecule has 1 atom stereocenters. The molecule has 0 spiro atoms. The van der Waals surface area contributed by atoms with Crippen molar-refractivity contribution < 1.29 is 13.9 Å². The SMILES string of the molecule is O=CC(Cc1ccncc1)c1ccc(OCc2ccccc2)cc1F. The molecule has 3 rings (SSSR count). The van der Waals surface area contributed by atoms with E-state index in [2.05, 4.69) is 4.98 Å². The topological polar surface area (TPSA) is 39.2 Å². The smallest absolute Gasteiger partial charge is 0.130 e. The minimum absolute atomic E-state index is 0.369. The summed E-state index contributed by atoms with van der Waals surface area (Å²) in [4.78, 5) is 15.4. The number of rotatable bonds is 7. The van der Waals surface area contributed by atoms with E-state index in [0.29, 0.717) is 24.3 Å². The maximum absolute atomic E-state index is 14.5. The fourth-order valence-corrected chi connectivity index (χ4v) is 2.64. The van der Waals surface area contributed by atoms with Gasteiger partial charge in [-0.05, 0) is 41.3 Å². The van der Waals surface area contributed by atoms with Gasteiger partial charge in [0.15, 0.2) is 0 Å². The quantitative estimate of drug-likeness (QED) is 0.604. The van der Waals surface area contributed by atoms with Gasteiger partial charge in [0.1, 0.15) is 24.5 Å². The van der Waals surface area contributed by atoms with Crippen LogP contribution in [0.15, 0.2) is 73.1 Å². The van der Waals surface area contributed by atoms with Gasteiger partial charge in [-0.15, -0.1) is 0 Å². The first kappa shape index (κ1) is 16.8. The normalized spacial score (nSPS) is 11.7.